The van der Waals surface area contributed by atoms with E-state index in [0.717, 1.165) is 50.1 Å². The van der Waals surface area contributed by atoms with Gasteiger partial charge in [-0.15, -0.1) is 0 Å². The summed E-state index contributed by atoms with van der Waals surface area (Å²) in [4.78, 5) is 2.45. The molecule has 0 saturated heterocycles. The normalized spacial score (nSPS) is 11.6. The fourth-order valence-corrected chi connectivity index (χ4v) is 7.69. The van der Waals surface area contributed by atoms with Crippen molar-refractivity contribution in [1.29, 1.82) is 0 Å². The first kappa shape index (κ1) is 28.4. The fourth-order valence-electron chi connectivity index (χ4n) is 7.69. The van der Waals surface area contributed by atoms with Crippen LogP contribution in [-0.2, 0) is 0 Å². The maximum atomic E-state index is 6.52. The van der Waals surface area contributed by atoms with Gasteiger partial charge in [0.05, 0.1) is 11.4 Å². The highest BCUT2D eigenvalue weighted by atomic mass is 16.3. The molecule has 0 unspecified atom stereocenters. The lowest BCUT2D eigenvalue weighted by molar-refractivity contribution is 0.669. The monoisotopic (exact) mass is 637 g/mol. The molecule has 9 aromatic carbocycles. The highest BCUT2D eigenvalue weighted by molar-refractivity contribution is 6.19. The molecule has 1 aromatic heterocycles. The van der Waals surface area contributed by atoms with Gasteiger partial charge in [-0.25, -0.2) is 0 Å². The van der Waals surface area contributed by atoms with Gasteiger partial charge in [0.15, 0.2) is 0 Å². The van der Waals surface area contributed by atoms with Crippen LogP contribution >= 0.6 is 0 Å². The van der Waals surface area contributed by atoms with E-state index in [-0.39, 0.29) is 0 Å². The quantitative estimate of drug-likeness (QED) is 0.175. The molecule has 2 nitrogen and oxygen atoms in total. The minimum atomic E-state index is 0.876. The Bertz CT molecular complexity index is 2870. The van der Waals surface area contributed by atoms with Crippen molar-refractivity contribution in [3.05, 3.63) is 188 Å². The van der Waals surface area contributed by atoms with Crippen molar-refractivity contribution in [3.8, 4) is 22.3 Å². The van der Waals surface area contributed by atoms with Crippen LogP contribution in [0.2, 0.25) is 0 Å². The van der Waals surface area contributed by atoms with Crippen molar-refractivity contribution in [1.82, 2.24) is 0 Å². The Kier molecular flexibility index (Phi) is 6.53. The van der Waals surface area contributed by atoms with Crippen LogP contribution in [-0.4, -0.2) is 0 Å². The molecule has 0 fully saturated rings. The van der Waals surface area contributed by atoms with Crippen LogP contribution in [0.3, 0.4) is 0 Å². The fraction of sp³-hybridized carbons (Fsp3) is 0. The van der Waals surface area contributed by atoms with Gasteiger partial charge in [-0.05, 0) is 86.1 Å². The number of hydrogen-bond donors (Lipinski definition) is 0. The summed E-state index contributed by atoms with van der Waals surface area (Å²) in [7, 11) is 0. The molecular weight excluding hydrogens is 607 g/mol. The van der Waals surface area contributed by atoms with Gasteiger partial charge in [-0.3, -0.25) is 0 Å². The predicted molar refractivity (Wildman–Crippen MR) is 212 cm³/mol. The summed E-state index contributed by atoms with van der Waals surface area (Å²) in [6.45, 7) is 0. The highest BCUT2D eigenvalue weighted by Gasteiger charge is 2.24. The zero-order chi connectivity index (χ0) is 33.0. The predicted octanol–water partition coefficient (Wildman–Crippen LogP) is 13.8. The summed E-state index contributed by atoms with van der Waals surface area (Å²) in [5.74, 6) is 0. The summed E-state index contributed by atoms with van der Waals surface area (Å²) in [5, 5.41) is 9.52. The lowest BCUT2D eigenvalue weighted by Crippen LogP contribution is -2.12. The number of anilines is 3. The van der Waals surface area contributed by atoms with Gasteiger partial charge in [0.2, 0.25) is 0 Å². The van der Waals surface area contributed by atoms with E-state index in [1.54, 1.807) is 0 Å². The number of rotatable bonds is 5. The molecule has 0 atom stereocenters. The van der Waals surface area contributed by atoms with Crippen molar-refractivity contribution in [2.24, 2.45) is 0 Å². The smallest absolute Gasteiger partial charge is 0.136 e. The van der Waals surface area contributed by atoms with E-state index in [1.807, 2.05) is 6.07 Å². The molecule has 50 heavy (non-hydrogen) atoms. The molecule has 10 rings (SSSR count). The maximum absolute atomic E-state index is 6.52. The van der Waals surface area contributed by atoms with Gasteiger partial charge in [0.25, 0.3) is 0 Å². The van der Waals surface area contributed by atoms with Crippen molar-refractivity contribution in [3.63, 3.8) is 0 Å². The topological polar surface area (TPSA) is 16.4 Å². The number of fused-ring (bicyclic) bond motifs is 7. The minimum absolute atomic E-state index is 0.876. The lowest BCUT2D eigenvalue weighted by Gasteiger charge is -2.30. The molecule has 0 aliphatic heterocycles. The molecular formula is C48H31NO. The number of hydrogen-bond acceptors (Lipinski definition) is 2. The Morgan fingerprint density at radius 3 is 1.78 bits per heavy atom. The third kappa shape index (κ3) is 4.57. The van der Waals surface area contributed by atoms with E-state index in [4.69, 9.17) is 4.42 Å². The van der Waals surface area contributed by atoms with E-state index in [9.17, 15) is 0 Å². The number of benzene rings is 9. The first-order valence-electron chi connectivity index (χ1n) is 17.1. The molecule has 0 saturated carbocycles. The molecule has 0 radical (unpaired) electrons. The Morgan fingerprint density at radius 2 is 0.960 bits per heavy atom. The first-order chi connectivity index (χ1) is 24.8. The molecule has 0 spiro atoms. The lowest BCUT2D eigenvalue weighted by atomic mass is 9.93. The highest BCUT2D eigenvalue weighted by Crippen LogP contribution is 2.49. The number of nitrogens with zero attached hydrogens (tertiary/aromatic N) is 1. The van der Waals surface area contributed by atoms with Crippen molar-refractivity contribution < 1.29 is 4.42 Å². The third-order valence-electron chi connectivity index (χ3n) is 10.0. The maximum Gasteiger partial charge on any atom is 0.136 e. The average molecular weight is 638 g/mol. The summed E-state index contributed by atoms with van der Waals surface area (Å²) in [6.07, 6.45) is 0. The molecule has 0 N–H and O–H groups in total. The summed E-state index contributed by atoms with van der Waals surface area (Å²) in [5.41, 5.74) is 9.73. The van der Waals surface area contributed by atoms with Crippen LogP contribution in [0.5, 0.6) is 0 Å². The van der Waals surface area contributed by atoms with E-state index >= 15 is 0 Å². The van der Waals surface area contributed by atoms with E-state index < -0.39 is 0 Å². The van der Waals surface area contributed by atoms with E-state index in [2.05, 4.69) is 187 Å². The molecule has 0 aliphatic rings. The Labute approximate surface area is 290 Å². The van der Waals surface area contributed by atoms with E-state index in [1.165, 1.54) is 43.4 Å². The molecule has 0 bridgehead atoms. The van der Waals surface area contributed by atoms with Crippen LogP contribution in [0.15, 0.2) is 192 Å². The second-order valence-electron chi connectivity index (χ2n) is 12.9. The zero-order valence-electron chi connectivity index (χ0n) is 27.3. The van der Waals surface area contributed by atoms with Gasteiger partial charge < -0.3 is 9.32 Å². The summed E-state index contributed by atoms with van der Waals surface area (Å²) >= 11 is 0. The van der Waals surface area contributed by atoms with Gasteiger partial charge >= 0.3 is 0 Å². The van der Waals surface area contributed by atoms with Crippen LogP contribution in [0, 0.1) is 0 Å². The second-order valence-corrected chi connectivity index (χ2v) is 12.9. The Morgan fingerprint density at radius 1 is 0.340 bits per heavy atom. The van der Waals surface area contributed by atoms with Crippen molar-refractivity contribution in [2.75, 3.05) is 4.90 Å². The SMILES string of the molecule is c1ccc(-c2ccc(N(c3ccc4oc5ccccc5c4c3-c3ccc4ccccc4c3)c3cc4ccccc4c4ccccc34)cc2)cc1. The molecule has 2 heteroatoms. The average Bonchev–Trinajstić information content (AvgIpc) is 3.57. The summed E-state index contributed by atoms with van der Waals surface area (Å²) < 4.78 is 6.52. The molecule has 0 aliphatic carbocycles. The number of furan rings is 1. The Hall–Kier alpha value is -6.64. The Balaban J connectivity index is 1.32. The molecule has 10 aromatic rings. The number of para-hydroxylation sites is 1. The molecule has 234 valence electrons. The van der Waals surface area contributed by atoms with Gasteiger partial charge in [0, 0.05) is 27.4 Å². The largest absolute Gasteiger partial charge is 0.456 e. The van der Waals surface area contributed by atoms with Crippen molar-refractivity contribution in [2.45, 2.75) is 0 Å². The van der Waals surface area contributed by atoms with Gasteiger partial charge in [0.1, 0.15) is 11.2 Å². The van der Waals surface area contributed by atoms with Crippen molar-refractivity contribution >= 4 is 71.3 Å². The van der Waals surface area contributed by atoms with Crippen LogP contribution in [0.4, 0.5) is 17.1 Å². The molecule has 1 heterocycles. The van der Waals surface area contributed by atoms with Gasteiger partial charge in [-0.2, -0.15) is 0 Å². The van der Waals surface area contributed by atoms with E-state index in [0.29, 0.717) is 0 Å². The summed E-state index contributed by atoms with van der Waals surface area (Å²) in [6, 6.07) is 67.6. The minimum Gasteiger partial charge on any atom is -0.456 e. The zero-order valence-corrected chi connectivity index (χ0v) is 27.3. The standard InChI is InChI=1S/C48H31NO/c1-2-12-32(13-3-1)34-24-26-38(27-25-34)49(44-31-36-16-6-7-17-39(36)40-18-8-9-19-41(40)44)43-28-29-46-48(42-20-10-11-21-45(42)50-46)47(43)37-23-22-33-14-4-5-15-35(33)30-37/h1-31H. The van der Waals surface area contributed by atoms with Crippen LogP contribution in [0.1, 0.15) is 0 Å². The molecule has 0 amide bonds. The third-order valence-corrected chi connectivity index (χ3v) is 10.0. The van der Waals surface area contributed by atoms with Crippen LogP contribution < -0.4 is 4.90 Å². The van der Waals surface area contributed by atoms with Crippen LogP contribution in [0.25, 0.3) is 76.5 Å². The first-order valence-corrected chi connectivity index (χ1v) is 17.1. The second kappa shape index (κ2) is 11.5. The van der Waals surface area contributed by atoms with Gasteiger partial charge in [-0.1, -0.05) is 146 Å².